The zero-order chi connectivity index (χ0) is 14.4. The van der Waals surface area contributed by atoms with E-state index >= 15 is 0 Å². The van der Waals surface area contributed by atoms with Crippen LogP contribution in [0.25, 0.3) is 0 Å². The van der Waals surface area contributed by atoms with E-state index in [-0.39, 0.29) is 17.0 Å². The third kappa shape index (κ3) is 2.47. The molecule has 0 aliphatic carbocycles. The second-order valence-electron chi connectivity index (χ2n) is 6.22. The highest BCUT2D eigenvalue weighted by Crippen LogP contribution is 2.36. The van der Waals surface area contributed by atoms with Crippen LogP contribution in [-0.4, -0.2) is 24.1 Å². The number of rotatable bonds is 2. The fourth-order valence-corrected chi connectivity index (χ4v) is 2.08. The molecule has 1 aliphatic rings. The van der Waals surface area contributed by atoms with Crippen molar-refractivity contribution < 1.29 is 14.1 Å². The maximum Gasteiger partial charge on any atom is 0.495 e. The van der Waals surface area contributed by atoms with Gasteiger partial charge in [0.2, 0.25) is 0 Å². The Bertz CT molecular complexity index is 504. The van der Waals surface area contributed by atoms with Gasteiger partial charge in [0, 0.05) is 5.56 Å². The number of Topliss-reactive ketones (excluding diaryl/α,β-unsaturated/α-hetero) is 1. The van der Waals surface area contributed by atoms with Gasteiger partial charge in [0.1, 0.15) is 0 Å². The van der Waals surface area contributed by atoms with Crippen LogP contribution in [-0.2, 0) is 9.31 Å². The molecule has 102 valence electrons. The monoisotopic (exact) mass is 260 g/mol. The summed E-state index contributed by atoms with van der Waals surface area (Å²) in [5.41, 5.74) is 1.97. The third-order valence-electron chi connectivity index (χ3n) is 4.19. The van der Waals surface area contributed by atoms with Gasteiger partial charge in [-0.25, -0.2) is 0 Å². The van der Waals surface area contributed by atoms with Crippen molar-refractivity contribution in [1.29, 1.82) is 0 Å². The summed E-state index contributed by atoms with van der Waals surface area (Å²) in [6, 6.07) is 5.66. The van der Waals surface area contributed by atoms with Crippen molar-refractivity contribution in [2.75, 3.05) is 0 Å². The lowest BCUT2D eigenvalue weighted by atomic mass is 9.75. The second kappa shape index (κ2) is 4.46. The molecule has 0 atom stereocenters. The van der Waals surface area contributed by atoms with E-state index in [0.717, 1.165) is 11.0 Å². The summed E-state index contributed by atoms with van der Waals surface area (Å²) >= 11 is 0. The van der Waals surface area contributed by atoms with E-state index in [2.05, 4.69) is 0 Å². The van der Waals surface area contributed by atoms with E-state index in [1.54, 1.807) is 6.92 Å². The largest absolute Gasteiger partial charge is 0.495 e. The topological polar surface area (TPSA) is 35.5 Å². The van der Waals surface area contributed by atoms with E-state index in [1.807, 2.05) is 52.8 Å². The molecule has 0 radical (unpaired) electrons. The van der Waals surface area contributed by atoms with Crippen molar-refractivity contribution >= 4 is 18.4 Å². The van der Waals surface area contributed by atoms with Crippen molar-refractivity contribution in [2.24, 2.45) is 0 Å². The van der Waals surface area contributed by atoms with E-state index < -0.39 is 7.12 Å². The van der Waals surface area contributed by atoms with Crippen molar-refractivity contribution in [3.63, 3.8) is 0 Å². The molecule has 3 nitrogen and oxygen atoms in total. The first-order valence-corrected chi connectivity index (χ1v) is 6.61. The van der Waals surface area contributed by atoms with Gasteiger partial charge in [-0.15, -0.1) is 0 Å². The predicted octanol–water partition coefficient (Wildman–Crippen LogP) is 2.50. The number of benzene rings is 1. The molecule has 1 aromatic rings. The SMILES string of the molecule is CC(=O)c1ccc(C)c(B2OC(C)(C)C(C)(C)O2)c1. The molecular weight excluding hydrogens is 239 g/mol. The van der Waals surface area contributed by atoms with Gasteiger partial charge < -0.3 is 9.31 Å². The molecule has 4 heteroatoms. The molecule has 19 heavy (non-hydrogen) atoms. The first-order valence-electron chi connectivity index (χ1n) is 6.61. The molecule has 1 saturated heterocycles. The Morgan fingerprint density at radius 3 is 2.11 bits per heavy atom. The van der Waals surface area contributed by atoms with Crippen molar-refractivity contribution in [3.05, 3.63) is 29.3 Å². The van der Waals surface area contributed by atoms with Gasteiger partial charge in [-0.05, 0) is 47.0 Å². The summed E-state index contributed by atoms with van der Waals surface area (Å²) in [4.78, 5) is 11.5. The van der Waals surface area contributed by atoms with E-state index in [9.17, 15) is 4.79 Å². The van der Waals surface area contributed by atoms with Gasteiger partial charge in [0.05, 0.1) is 11.2 Å². The number of hydrogen-bond donors (Lipinski definition) is 0. The van der Waals surface area contributed by atoms with Gasteiger partial charge >= 0.3 is 7.12 Å². The first kappa shape index (κ1) is 14.3. The molecule has 1 heterocycles. The minimum Gasteiger partial charge on any atom is -0.399 e. The van der Waals surface area contributed by atoms with E-state index in [0.29, 0.717) is 5.56 Å². The molecule has 0 N–H and O–H groups in total. The number of carbonyl (C=O) groups excluding carboxylic acids is 1. The van der Waals surface area contributed by atoms with Gasteiger partial charge in [0.25, 0.3) is 0 Å². The van der Waals surface area contributed by atoms with Crippen LogP contribution in [0.1, 0.15) is 50.5 Å². The Balaban J connectivity index is 2.39. The summed E-state index contributed by atoms with van der Waals surface area (Å²) in [6.45, 7) is 11.7. The summed E-state index contributed by atoms with van der Waals surface area (Å²) in [7, 11) is -0.413. The number of ketones is 1. The Morgan fingerprint density at radius 1 is 1.11 bits per heavy atom. The molecule has 0 bridgehead atoms. The molecular formula is C15H21BO3. The highest BCUT2D eigenvalue weighted by atomic mass is 16.7. The van der Waals surface area contributed by atoms with Gasteiger partial charge in [-0.1, -0.05) is 23.8 Å². The zero-order valence-electron chi connectivity index (χ0n) is 12.5. The average Bonchev–Trinajstić information content (AvgIpc) is 2.48. The molecule has 0 amide bonds. The summed E-state index contributed by atoms with van der Waals surface area (Å²) in [5, 5.41) is 0. The normalized spacial score (nSPS) is 20.6. The van der Waals surface area contributed by atoms with Crippen LogP contribution >= 0.6 is 0 Å². The Morgan fingerprint density at radius 2 is 1.63 bits per heavy atom. The lowest BCUT2D eigenvalue weighted by Gasteiger charge is -2.32. The Kier molecular flexibility index (Phi) is 3.35. The third-order valence-corrected chi connectivity index (χ3v) is 4.19. The summed E-state index contributed by atoms with van der Waals surface area (Å²) < 4.78 is 12.1. The van der Waals surface area contributed by atoms with Gasteiger partial charge in [-0.2, -0.15) is 0 Å². The quantitative estimate of drug-likeness (QED) is 0.605. The zero-order valence-corrected chi connectivity index (χ0v) is 12.5. The van der Waals surface area contributed by atoms with Crippen molar-refractivity contribution in [3.8, 4) is 0 Å². The average molecular weight is 260 g/mol. The molecule has 1 aromatic carbocycles. The van der Waals surface area contributed by atoms with Gasteiger partial charge in [0.15, 0.2) is 5.78 Å². The molecule has 0 aromatic heterocycles. The van der Waals surface area contributed by atoms with Crippen LogP contribution in [0.15, 0.2) is 18.2 Å². The van der Waals surface area contributed by atoms with Crippen molar-refractivity contribution in [2.45, 2.75) is 52.7 Å². The van der Waals surface area contributed by atoms with Crippen LogP contribution in [0.3, 0.4) is 0 Å². The van der Waals surface area contributed by atoms with E-state index in [4.69, 9.17) is 9.31 Å². The first-order chi connectivity index (χ1) is 8.64. The van der Waals surface area contributed by atoms with Crippen LogP contribution < -0.4 is 5.46 Å². The number of carbonyl (C=O) groups is 1. The lowest BCUT2D eigenvalue weighted by Crippen LogP contribution is -2.41. The lowest BCUT2D eigenvalue weighted by molar-refractivity contribution is 0.00578. The van der Waals surface area contributed by atoms with Crippen LogP contribution in [0.2, 0.25) is 0 Å². The minimum atomic E-state index is -0.413. The number of hydrogen-bond acceptors (Lipinski definition) is 3. The highest BCUT2D eigenvalue weighted by Gasteiger charge is 2.52. The highest BCUT2D eigenvalue weighted by molar-refractivity contribution is 6.62. The predicted molar refractivity (Wildman–Crippen MR) is 76.9 cm³/mol. The van der Waals surface area contributed by atoms with Crippen LogP contribution in [0.5, 0.6) is 0 Å². The molecule has 1 aliphatic heterocycles. The van der Waals surface area contributed by atoms with Crippen LogP contribution in [0.4, 0.5) is 0 Å². The van der Waals surface area contributed by atoms with Crippen molar-refractivity contribution in [1.82, 2.24) is 0 Å². The smallest absolute Gasteiger partial charge is 0.399 e. The Hall–Kier alpha value is -1.13. The minimum absolute atomic E-state index is 0.0535. The van der Waals surface area contributed by atoms with Gasteiger partial charge in [-0.3, -0.25) is 4.79 Å². The maximum absolute atomic E-state index is 11.5. The summed E-state index contributed by atoms with van der Waals surface area (Å²) in [5.74, 6) is 0.0535. The Labute approximate surface area is 115 Å². The standard InChI is InChI=1S/C15H21BO3/c1-10-7-8-12(11(2)17)9-13(10)16-18-14(3,4)15(5,6)19-16/h7-9H,1-6H3. The molecule has 2 rings (SSSR count). The fourth-order valence-electron chi connectivity index (χ4n) is 2.08. The molecule has 0 unspecified atom stereocenters. The number of aryl methyl sites for hydroxylation is 1. The van der Waals surface area contributed by atoms with E-state index in [1.165, 1.54) is 0 Å². The molecule has 0 spiro atoms. The second-order valence-corrected chi connectivity index (χ2v) is 6.22. The van der Waals surface area contributed by atoms with Crippen LogP contribution in [0, 0.1) is 6.92 Å². The summed E-state index contributed by atoms with van der Waals surface area (Å²) in [6.07, 6.45) is 0. The molecule has 0 saturated carbocycles. The fraction of sp³-hybridized carbons (Fsp3) is 0.533. The molecule has 1 fully saturated rings. The maximum atomic E-state index is 11.5.